The van der Waals surface area contributed by atoms with Crippen molar-refractivity contribution in [2.24, 2.45) is 5.73 Å². The van der Waals surface area contributed by atoms with Crippen LogP contribution >= 0.6 is 11.3 Å². The molecular weight excluding hydrogens is 278 g/mol. The zero-order valence-electron chi connectivity index (χ0n) is 11.2. The number of amides is 1. The van der Waals surface area contributed by atoms with E-state index in [9.17, 15) is 4.79 Å². The Balaban J connectivity index is 1.99. The van der Waals surface area contributed by atoms with Gasteiger partial charge in [0.25, 0.3) is 5.91 Å². The Morgan fingerprint density at radius 3 is 3.05 bits per heavy atom. The second-order valence-corrected chi connectivity index (χ2v) is 5.42. The maximum absolute atomic E-state index is 11.3. The molecule has 20 heavy (non-hydrogen) atoms. The smallest absolute Gasteiger partial charge is 0.283 e. The molecule has 2 atom stereocenters. The highest BCUT2D eigenvalue weighted by molar-refractivity contribution is 7.08. The van der Waals surface area contributed by atoms with Gasteiger partial charge in [-0.15, -0.1) is 0 Å². The molecule has 5 nitrogen and oxygen atoms in total. The molecule has 0 saturated carbocycles. The highest BCUT2D eigenvalue weighted by Crippen LogP contribution is 2.32. The summed E-state index contributed by atoms with van der Waals surface area (Å²) in [6.45, 7) is 0.645. The molecule has 3 N–H and O–H groups in total. The summed E-state index contributed by atoms with van der Waals surface area (Å²) in [5.74, 6) is -0.325. The Kier molecular flexibility index (Phi) is 5.58. The van der Waals surface area contributed by atoms with Gasteiger partial charge in [0, 0.05) is 18.9 Å². The first-order valence-corrected chi connectivity index (χ1v) is 7.58. The van der Waals surface area contributed by atoms with Crippen LogP contribution in [0.15, 0.2) is 28.7 Å². The summed E-state index contributed by atoms with van der Waals surface area (Å²) in [5.41, 5.74) is 6.44. The number of ether oxygens (including phenoxy) is 2. The van der Waals surface area contributed by atoms with Crippen molar-refractivity contribution in [1.29, 1.82) is 0 Å². The summed E-state index contributed by atoms with van der Waals surface area (Å²) >= 11 is 1.61. The lowest BCUT2D eigenvalue weighted by Crippen LogP contribution is -2.29. The number of carbonyl (C=O) groups excluding carboxylic acids is 1. The van der Waals surface area contributed by atoms with Gasteiger partial charge in [0.15, 0.2) is 5.76 Å². The highest BCUT2D eigenvalue weighted by atomic mass is 32.1. The SMILES string of the molecule is NC(=O)C1=C[C@H](c2ccsc2)C[C@H](OCCCCO)O1. The van der Waals surface area contributed by atoms with Crippen LogP contribution in [0.2, 0.25) is 0 Å². The fraction of sp³-hybridized carbons (Fsp3) is 0.500. The van der Waals surface area contributed by atoms with Gasteiger partial charge in [-0.3, -0.25) is 4.79 Å². The van der Waals surface area contributed by atoms with E-state index in [2.05, 4.69) is 0 Å². The molecule has 2 rings (SSSR count). The van der Waals surface area contributed by atoms with E-state index in [0.29, 0.717) is 19.4 Å². The number of aliphatic hydroxyl groups excluding tert-OH is 1. The second kappa shape index (κ2) is 7.42. The molecule has 1 aromatic heterocycles. The molecule has 110 valence electrons. The van der Waals surface area contributed by atoms with E-state index >= 15 is 0 Å². The van der Waals surface area contributed by atoms with Gasteiger partial charge in [0.1, 0.15) is 0 Å². The maximum atomic E-state index is 11.3. The van der Waals surface area contributed by atoms with E-state index in [4.69, 9.17) is 20.3 Å². The fourth-order valence-electron chi connectivity index (χ4n) is 2.08. The third-order valence-electron chi connectivity index (χ3n) is 3.13. The quantitative estimate of drug-likeness (QED) is 0.751. The molecule has 0 unspecified atom stereocenters. The van der Waals surface area contributed by atoms with Gasteiger partial charge in [0.2, 0.25) is 6.29 Å². The lowest BCUT2D eigenvalue weighted by molar-refractivity contribution is -0.144. The van der Waals surface area contributed by atoms with Crippen LogP contribution in [0.25, 0.3) is 0 Å². The monoisotopic (exact) mass is 297 g/mol. The second-order valence-electron chi connectivity index (χ2n) is 4.64. The lowest BCUT2D eigenvalue weighted by atomic mass is 9.95. The molecule has 0 aromatic carbocycles. The molecule has 1 aliphatic heterocycles. The summed E-state index contributed by atoms with van der Waals surface area (Å²) < 4.78 is 11.1. The van der Waals surface area contributed by atoms with E-state index < -0.39 is 12.2 Å². The fourth-order valence-corrected chi connectivity index (χ4v) is 2.80. The first-order valence-electron chi connectivity index (χ1n) is 6.63. The number of hydrogen-bond acceptors (Lipinski definition) is 5. The standard InChI is InChI=1S/C14H19NO4S/c15-14(17)12-7-11(10-3-6-20-9-10)8-13(19-12)18-5-2-1-4-16/h3,6-7,9,11,13,16H,1-2,4-5,8H2,(H2,15,17)/t11-,13+/m0/s1. The number of aliphatic hydroxyl groups is 1. The summed E-state index contributed by atoms with van der Waals surface area (Å²) in [4.78, 5) is 11.3. The molecule has 2 heterocycles. The van der Waals surface area contributed by atoms with Crippen molar-refractivity contribution in [2.75, 3.05) is 13.2 Å². The van der Waals surface area contributed by atoms with Gasteiger partial charge in [-0.1, -0.05) is 0 Å². The first kappa shape index (κ1) is 15.0. The molecule has 0 spiro atoms. The third-order valence-corrected chi connectivity index (χ3v) is 3.83. The summed E-state index contributed by atoms with van der Waals surface area (Å²) in [6.07, 6.45) is 3.41. The van der Waals surface area contributed by atoms with Crippen LogP contribution in [-0.4, -0.2) is 30.5 Å². The van der Waals surface area contributed by atoms with E-state index in [1.165, 1.54) is 0 Å². The van der Waals surface area contributed by atoms with E-state index in [1.54, 1.807) is 17.4 Å². The van der Waals surface area contributed by atoms with Crippen LogP contribution in [0.3, 0.4) is 0 Å². The lowest BCUT2D eigenvalue weighted by Gasteiger charge is -2.28. The average Bonchev–Trinajstić information content (AvgIpc) is 2.97. The molecule has 0 aliphatic carbocycles. The number of thiophene rings is 1. The van der Waals surface area contributed by atoms with Gasteiger partial charge in [-0.2, -0.15) is 11.3 Å². The zero-order valence-corrected chi connectivity index (χ0v) is 12.0. The maximum Gasteiger partial charge on any atom is 0.283 e. The largest absolute Gasteiger partial charge is 0.459 e. The number of nitrogens with two attached hydrogens (primary N) is 1. The number of allylic oxidation sites excluding steroid dienone is 1. The molecule has 0 fully saturated rings. The molecule has 0 bridgehead atoms. The minimum absolute atomic E-state index is 0.0836. The number of carbonyl (C=O) groups is 1. The molecular formula is C14H19NO4S. The Labute approximate surface area is 122 Å². The van der Waals surface area contributed by atoms with Crippen LogP contribution in [0.5, 0.6) is 0 Å². The average molecular weight is 297 g/mol. The minimum atomic E-state index is -0.575. The number of unbranched alkanes of at least 4 members (excludes halogenated alkanes) is 1. The van der Waals surface area contributed by atoms with Gasteiger partial charge >= 0.3 is 0 Å². The normalized spacial score (nSPS) is 22.1. The molecule has 0 saturated heterocycles. The molecule has 1 aliphatic rings. The summed E-state index contributed by atoms with van der Waals surface area (Å²) in [6, 6.07) is 2.03. The van der Waals surface area contributed by atoms with Crippen molar-refractivity contribution in [3.05, 3.63) is 34.2 Å². The number of rotatable bonds is 7. The molecule has 1 aromatic rings. The zero-order chi connectivity index (χ0) is 14.4. The predicted octanol–water partition coefficient (Wildman–Crippen LogP) is 1.74. The molecule has 6 heteroatoms. The van der Waals surface area contributed by atoms with Crippen LogP contribution in [0, 0.1) is 0 Å². The molecule has 0 radical (unpaired) electrons. The van der Waals surface area contributed by atoms with Crippen LogP contribution < -0.4 is 5.73 Å². The predicted molar refractivity (Wildman–Crippen MR) is 76.1 cm³/mol. The van der Waals surface area contributed by atoms with Crippen molar-refractivity contribution in [3.8, 4) is 0 Å². The molecule has 1 amide bonds. The van der Waals surface area contributed by atoms with Crippen molar-refractivity contribution < 1.29 is 19.4 Å². The Hall–Kier alpha value is -1.37. The minimum Gasteiger partial charge on any atom is -0.459 e. The first-order chi connectivity index (χ1) is 9.70. The summed E-state index contributed by atoms with van der Waals surface area (Å²) in [5, 5.41) is 12.8. The van der Waals surface area contributed by atoms with Crippen LogP contribution in [0.4, 0.5) is 0 Å². The third kappa shape index (κ3) is 4.06. The highest BCUT2D eigenvalue weighted by Gasteiger charge is 2.27. The van der Waals surface area contributed by atoms with E-state index in [0.717, 1.165) is 12.0 Å². The van der Waals surface area contributed by atoms with Crippen molar-refractivity contribution in [3.63, 3.8) is 0 Å². The van der Waals surface area contributed by atoms with Gasteiger partial charge in [-0.05, 0) is 41.3 Å². The van der Waals surface area contributed by atoms with Crippen LogP contribution in [-0.2, 0) is 14.3 Å². The van der Waals surface area contributed by atoms with E-state index in [-0.39, 0.29) is 18.3 Å². The Bertz CT molecular complexity index is 458. The number of hydrogen-bond donors (Lipinski definition) is 2. The van der Waals surface area contributed by atoms with Crippen molar-refractivity contribution >= 4 is 17.2 Å². The van der Waals surface area contributed by atoms with Gasteiger partial charge < -0.3 is 20.3 Å². The van der Waals surface area contributed by atoms with Crippen LogP contribution in [0.1, 0.15) is 30.7 Å². The van der Waals surface area contributed by atoms with E-state index in [1.807, 2.05) is 16.8 Å². The number of primary amides is 1. The van der Waals surface area contributed by atoms with Gasteiger partial charge in [-0.25, -0.2) is 0 Å². The van der Waals surface area contributed by atoms with Gasteiger partial charge in [0.05, 0.1) is 6.61 Å². The Morgan fingerprint density at radius 2 is 2.40 bits per heavy atom. The summed E-state index contributed by atoms with van der Waals surface area (Å²) in [7, 11) is 0. The van der Waals surface area contributed by atoms with Crippen molar-refractivity contribution in [2.45, 2.75) is 31.5 Å². The topological polar surface area (TPSA) is 81.8 Å². The van der Waals surface area contributed by atoms with Crippen molar-refractivity contribution in [1.82, 2.24) is 0 Å². The Morgan fingerprint density at radius 1 is 1.55 bits per heavy atom.